The number of nitrogens with zero attached hydrogens (tertiary/aromatic N) is 2. The Hall–Kier alpha value is -3.09. The zero-order valence-corrected chi connectivity index (χ0v) is 15.8. The fourth-order valence-electron chi connectivity index (χ4n) is 2.21. The average molecular weight is 372 g/mol. The fourth-order valence-corrected chi connectivity index (χ4v) is 2.21. The molecule has 0 atom stereocenters. The average Bonchev–Trinajstić information content (AvgIpc) is 2.67. The van der Waals surface area contributed by atoms with E-state index in [1.807, 2.05) is 24.3 Å². The smallest absolute Gasteiger partial charge is 0.259 e. The van der Waals surface area contributed by atoms with Crippen LogP contribution in [0.5, 0.6) is 5.75 Å². The van der Waals surface area contributed by atoms with Gasteiger partial charge in [0.2, 0.25) is 0 Å². The van der Waals surface area contributed by atoms with Crippen LogP contribution in [0.3, 0.4) is 0 Å². The lowest BCUT2D eigenvalue weighted by Crippen LogP contribution is -2.36. The molecule has 0 aliphatic rings. The third-order valence-electron chi connectivity index (χ3n) is 3.82. The summed E-state index contributed by atoms with van der Waals surface area (Å²) < 4.78 is 18.5. The van der Waals surface area contributed by atoms with Crippen molar-refractivity contribution < 1.29 is 13.9 Å². The summed E-state index contributed by atoms with van der Waals surface area (Å²) in [5.41, 5.74) is 1.95. The van der Waals surface area contributed by atoms with Crippen molar-refractivity contribution in [2.75, 3.05) is 27.7 Å². The molecule has 0 radical (unpaired) electrons. The number of ether oxygens (including phenoxy) is 1. The third-order valence-corrected chi connectivity index (χ3v) is 3.82. The highest BCUT2D eigenvalue weighted by atomic mass is 19.1. The highest BCUT2D eigenvalue weighted by molar-refractivity contribution is 5.79. The van der Waals surface area contributed by atoms with Crippen LogP contribution >= 0.6 is 0 Å². The number of hydrogen-bond donors (Lipinski definition) is 2. The Morgan fingerprint density at radius 3 is 2.37 bits per heavy atom. The number of aliphatic imine (C=N–C) groups is 1. The lowest BCUT2D eigenvalue weighted by atomic mass is 10.2. The Morgan fingerprint density at radius 1 is 1.07 bits per heavy atom. The van der Waals surface area contributed by atoms with Crippen LogP contribution in [0, 0.1) is 5.82 Å². The van der Waals surface area contributed by atoms with Crippen LogP contribution in [-0.2, 0) is 17.9 Å². The lowest BCUT2D eigenvalue weighted by molar-refractivity contribution is -0.130. The summed E-state index contributed by atoms with van der Waals surface area (Å²) >= 11 is 0. The Labute approximate surface area is 159 Å². The number of carbonyl (C=O) groups is 1. The van der Waals surface area contributed by atoms with Crippen molar-refractivity contribution in [1.82, 2.24) is 15.5 Å². The molecule has 0 spiro atoms. The molecule has 0 fully saturated rings. The van der Waals surface area contributed by atoms with E-state index < -0.39 is 0 Å². The predicted octanol–water partition coefficient (Wildman–Crippen LogP) is 2.16. The van der Waals surface area contributed by atoms with E-state index in [1.165, 1.54) is 17.0 Å². The molecule has 2 aromatic carbocycles. The second-order valence-corrected chi connectivity index (χ2v) is 6.13. The summed E-state index contributed by atoms with van der Waals surface area (Å²) in [6.45, 7) is 1.09. The molecule has 1 amide bonds. The number of nitrogens with one attached hydrogen (secondary N) is 2. The van der Waals surface area contributed by atoms with E-state index in [0.717, 1.165) is 11.1 Å². The third kappa shape index (κ3) is 6.97. The number of amides is 1. The van der Waals surface area contributed by atoms with Gasteiger partial charge in [-0.05, 0) is 35.4 Å². The molecule has 0 saturated carbocycles. The summed E-state index contributed by atoms with van der Waals surface area (Å²) in [6, 6.07) is 13.8. The number of halogens is 1. The van der Waals surface area contributed by atoms with Crippen molar-refractivity contribution >= 4 is 11.9 Å². The number of guanidine groups is 1. The van der Waals surface area contributed by atoms with E-state index in [0.29, 0.717) is 24.8 Å². The summed E-state index contributed by atoms with van der Waals surface area (Å²) in [7, 11) is 5.07. The van der Waals surface area contributed by atoms with Gasteiger partial charge >= 0.3 is 0 Å². The van der Waals surface area contributed by atoms with Crippen LogP contribution in [0.15, 0.2) is 53.5 Å². The molecule has 0 heterocycles. The first-order valence-corrected chi connectivity index (χ1v) is 8.59. The minimum atomic E-state index is -0.254. The first-order chi connectivity index (χ1) is 13.0. The lowest BCUT2D eigenvalue weighted by Gasteiger charge is -2.14. The van der Waals surface area contributed by atoms with Gasteiger partial charge in [-0.1, -0.05) is 24.3 Å². The monoisotopic (exact) mass is 372 g/mol. The maximum absolute atomic E-state index is 12.9. The van der Waals surface area contributed by atoms with Crippen LogP contribution in [0.2, 0.25) is 0 Å². The quantitative estimate of drug-likeness (QED) is 0.577. The molecule has 0 aliphatic heterocycles. The van der Waals surface area contributed by atoms with Gasteiger partial charge in [0.25, 0.3) is 5.91 Å². The van der Waals surface area contributed by atoms with Gasteiger partial charge < -0.3 is 20.3 Å². The standard InChI is InChI=1S/C20H25FN4O2/c1-22-20(23-12-15-7-9-17(21)10-8-15)24-13-16-5-4-6-18(11-16)27-14-19(26)25(2)3/h4-11H,12-14H2,1-3H3,(H2,22,23,24). The SMILES string of the molecule is CN=C(NCc1ccc(F)cc1)NCc1cccc(OCC(=O)N(C)C)c1. The normalized spacial score (nSPS) is 11.0. The van der Waals surface area contributed by atoms with E-state index in [9.17, 15) is 9.18 Å². The zero-order valence-electron chi connectivity index (χ0n) is 15.8. The molecule has 0 aliphatic carbocycles. The highest BCUT2D eigenvalue weighted by Gasteiger charge is 2.06. The van der Waals surface area contributed by atoms with E-state index in [4.69, 9.17) is 4.74 Å². The molecule has 144 valence electrons. The summed E-state index contributed by atoms with van der Waals surface area (Å²) in [4.78, 5) is 17.3. The summed E-state index contributed by atoms with van der Waals surface area (Å²) in [5, 5.41) is 6.39. The van der Waals surface area contributed by atoms with E-state index in [2.05, 4.69) is 15.6 Å². The van der Waals surface area contributed by atoms with Crippen LogP contribution in [0.1, 0.15) is 11.1 Å². The molecule has 2 rings (SSSR count). The first kappa shape index (κ1) is 20.2. The zero-order chi connectivity index (χ0) is 19.6. The van der Waals surface area contributed by atoms with E-state index in [-0.39, 0.29) is 18.3 Å². The van der Waals surface area contributed by atoms with Gasteiger partial charge in [0, 0.05) is 34.2 Å². The predicted molar refractivity (Wildman–Crippen MR) is 104 cm³/mol. The largest absolute Gasteiger partial charge is 0.484 e. The molecule has 2 aromatic rings. The van der Waals surface area contributed by atoms with Crippen molar-refractivity contribution in [3.05, 3.63) is 65.5 Å². The number of carbonyl (C=O) groups excluding carboxylic acids is 1. The van der Waals surface area contributed by atoms with Crippen molar-refractivity contribution in [3.8, 4) is 5.75 Å². The Kier molecular flexibility index (Phi) is 7.61. The maximum Gasteiger partial charge on any atom is 0.259 e. The second-order valence-electron chi connectivity index (χ2n) is 6.13. The van der Waals surface area contributed by atoms with Crippen LogP contribution in [-0.4, -0.2) is 44.5 Å². The van der Waals surface area contributed by atoms with Crippen LogP contribution in [0.25, 0.3) is 0 Å². The highest BCUT2D eigenvalue weighted by Crippen LogP contribution is 2.13. The fraction of sp³-hybridized carbons (Fsp3) is 0.300. The van der Waals surface area contributed by atoms with Gasteiger partial charge in [0.1, 0.15) is 11.6 Å². The van der Waals surface area contributed by atoms with Crippen molar-refractivity contribution in [2.45, 2.75) is 13.1 Å². The van der Waals surface area contributed by atoms with Crippen molar-refractivity contribution in [1.29, 1.82) is 0 Å². The van der Waals surface area contributed by atoms with Crippen molar-refractivity contribution in [3.63, 3.8) is 0 Å². The van der Waals surface area contributed by atoms with Gasteiger partial charge in [-0.15, -0.1) is 0 Å². The molecule has 6 nitrogen and oxygen atoms in total. The van der Waals surface area contributed by atoms with Gasteiger partial charge in [0.15, 0.2) is 12.6 Å². The Balaban J connectivity index is 1.84. The number of benzene rings is 2. The number of rotatable bonds is 7. The van der Waals surface area contributed by atoms with Gasteiger partial charge in [-0.3, -0.25) is 9.79 Å². The van der Waals surface area contributed by atoms with Crippen LogP contribution in [0.4, 0.5) is 4.39 Å². The summed E-state index contributed by atoms with van der Waals surface area (Å²) in [6.07, 6.45) is 0. The summed E-state index contributed by atoms with van der Waals surface area (Å²) in [5.74, 6) is 0.923. The molecule has 0 aromatic heterocycles. The molecule has 2 N–H and O–H groups in total. The topological polar surface area (TPSA) is 66.0 Å². The van der Waals surface area contributed by atoms with Gasteiger partial charge in [0.05, 0.1) is 0 Å². The van der Waals surface area contributed by atoms with E-state index >= 15 is 0 Å². The second kappa shape index (κ2) is 10.2. The van der Waals surface area contributed by atoms with E-state index in [1.54, 1.807) is 33.3 Å². The Morgan fingerprint density at radius 2 is 1.74 bits per heavy atom. The number of likely N-dealkylation sites (N-methyl/N-ethyl adjacent to an activating group) is 1. The minimum Gasteiger partial charge on any atom is -0.484 e. The molecule has 0 saturated heterocycles. The van der Waals surface area contributed by atoms with Crippen molar-refractivity contribution in [2.24, 2.45) is 4.99 Å². The van der Waals surface area contributed by atoms with Crippen LogP contribution < -0.4 is 15.4 Å². The van der Waals surface area contributed by atoms with Gasteiger partial charge in [-0.25, -0.2) is 4.39 Å². The molecule has 0 bridgehead atoms. The molecular weight excluding hydrogens is 347 g/mol. The Bertz CT molecular complexity index is 776. The number of hydrogen-bond acceptors (Lipinski definition) is 3. The maximum atomic E-state index is 12.9. The molecular formula is C20H25FN4O2. The minimum absolute atomic E-state index is 0.00474. The molecule has 7 heteroatoms. The first-order valence-electron chi connectivity index (χ1n) is 8.59. The van der Waals surface area contributed by atoms with Gasteiger partial charge in [-0.2, -0.15) is 0 Å². The molecule has 0 unspecified atom stereocenters. The molecule has 27 heavy (non-hydrogen) atoms.